The van der Waals surface area contributed by atoms with Crippen molar-refractivity contribution in [1.82, 2.24) is 24.6 Å². The highest BCUT2D eigenvalue weighted by Crippen LogP contribution is 2.24. The molecule has 3 aromatic heterocycles. The van der Waals surface area contributed by atoms with E-state index in [1.807, 2.05) is 0 Å². The zero-order valence-electron chi connectivity index (χ0n) is 20.9. The number of halogens is 2. The highest BCUT2D eigenvalue weighted by atomic mass is 19.1. The minimum Gasteiger partial charge on any atom is -0.452 e. The standard InChI is InChI=1S/C26H25F2N9O2/c1-15(34-25(31)23(24(29)30)36(26(38)39-2)14-16-7-9-32-10-8-16)37-21-12-18(27)13-33-22(21)20(35-37)11-17-5-3-4-6-19(17)28/h3-10,12-13H,1,11,14,29-30H2,2H3,(H2,31,34). The van der Waals surface area contributed by atoms with E-state index in [0.29, 0.717) is 22.3 Å². The number of pyridine rings is 2. The number of amidine groups is 1. The topological polar surface area (TPSA) is 164 Å². The second-order valence-electron chi connectivity index (χ2n) is 8.28. The molecule has 0 fully saturated rings. The summed E-state index contributed by atoms with van der Waals surface area (Å²) in [6.45, 7) is 3.88. The van der Waals surface area contributed by atoms with E-state index in [9.17, 15) is 13.6 Å². The Morgan fingerprint density at radius 2 is 1.87 bits per heavy atom. The van der Waals surface area contributed by atoms with Gasteiger partial charge in [-0.3, -0.25) is 9.88 Å². The fraction of sp³-hybridized carbons (Fsp3) is 0.115. The SMILES string of the molecule is C=C(/N=C(/N)C(=C(N)N)N(Cc1ccncc1)C(=O)OC)n1nc(Cc2ccccc2F)c2ncc(F)cc21. The lowest BCUT2D eigenvalue weighted by Crippen LogP contribution is -2.39. The molecule has 1 aromatic carbocycles. The van der Waals surface area contributed by atoms with Crippen LogP contribution in [0.3, 0.4) is 0 Å². The Bertz CT molecular complexity index is 1600. The number of ether oxygens (including phenoxy) is 1. The smallest absolute Gasteiger partial charge is 0.414 e. The Labute approximate surface area is 221 Å². The summed E-state index contributed by atoms with van der Waals surface area (Å²) in [5.41, 5.74) is 19.9. The van der Waals surface area contributed by atoms with Crippen molar-refractivity contribution in [1.29, 1.82) is 0 Å². The van der Waals surface area contributed by atoms with Crippen LogP contribution in [0.15, 0.2) is 84.1 Å². The van der Waals surface area contributed by atoms with Gasteiger partial charge in [-0.2, -0.15) is 5.10 Å². The van der Waals surface area contributed by atoms with Gasteiger partial charge >= 0.3 is 6.09 Å². The predicted molar refractivity (Wildman–Crippen MR) is 141 cm³/mol. The molecule has 6 N–H and O–H groups in total. The Hall–Kier alpha value is -5.33. The lowest BCUT2D eigenvalue weighted by molar-refractivity contribution is 0.135. The molecule has 0 atom stereocenters. The Morgan fingerprint density at radius 3 is 2.54 bits per heavy atom. The maximum absolute atomic E-state index is 14.3. The molecule has 0 aliphatic heterocycles. The van der Waals surface area contributed by atoms with E-state index in [0.717, 1.165) is 11.1 Å². The summed E-state index contributed by atoms with van der Waals surface area (Å²) in [6.07, 6.45) is 3.40. The van der Waals surface area contributed by atoms with Crippen LogP contribution >= 0.6 is 0 Å². The third-order valence-electron chi connectivity index (χ3n) is 5.64. The van der Waals surface area contributed by atoms with Crippen LogP contribution in [0.1, 0.15) is 16.8 Å². The number of aromatic nitrogens is 4. The van der Waals surface area contributed by atoms with E-state index >= 15 is 0 Å². The molecule has 0 bridgehead atoms. The Balaban J connectivity index is 1.74. The highest BCUT2D eigenvalue weighted by molar-refractivity contribution is 6.01. The average molecular weight is 534 g/mol. The lowest BCUT2D eigenvalue weighted by Gasteiger charge is -2.24. The molecule has 0 saturated carbocycles. The van der Waals surface area contributed by atoms with Crippen LogP contribution in [0.4, 0.5) is 13.6 Å². The van der Waals surface area contributed by atoms with Gasteiger partial charge in [0.2, 0.25) is 0 Å². The number of nitrogens with two attached hydrogens (primary N) is 3. The van der Waals surface area contributed by atoms with Gasteiger partial charge in [0.1, 0.15) is 34.5 Å². The van der Waals surface area contributed by atoms with Crippen molar-refractivity contribution in [2.45, 2.75) is 13.0 Å². The zero-order chi connectivity index (χ0) is 28.1. The molecule has 39 heavy (non-hydrogen) atoms. The molecule has 3 heterocycles. The van der Waals surface area contributed by atoms with E-state index < -0.39 is 17.7 Å². The number of hydrogen-bond donors (Lipinski definition) is 3. The average Bonchev–Trinajstić information content (AvgIpc) is 3.26. The molecular weight excluding hydrogens is 508 g/mol. The van der Waals surface area contributed by atoms with Gasteiger partial charge in [-0.1, -0.05) is 24.8 Å². The highest BCUT2D eigenvalue weighted by Gasteiger charge is 2.25. The molecule has 0 aliphatic carbocycles. The summed E-state index contributed by atoms with van der Waals surface area (Å²) in [6, 6.07) is 10.8. The van der Waals surface area contributed by atoms with Crippen molar-refractivity contribution in [3.63, 3.8) is 0 Å². The van der Waals surface area contributed by atoms with Crippen LogP contribution in [-0.2, 0) is 17.7 Å². The lowest BCUT2D eigenvalue weighted by atomic mass is 10.1. The van der Waals surface area contributed by atoms with Crippen LogP contribution in [0.2, 0.25) is 0 Å². The molecule has 0 saturated heterocycles. The minimum atomic E-state index is -0.804. The maximum atomic E-state index is 14.3. The number of fused-ring (bicyclic) bond motifs is 1. The van der Waals surface area contributed by atoms with Crippen molar-refractivity contribution >= 4 is 28.8 Å². The number of rotatable bonds is 8. The second-order valence-corrected chi connectivity index (χ2v) is 8.28. The molecule has 1 amide bonds. The number of methoxy groups -OCH3 is 1. The minimum absolute atomic E-state index is 0.0161. The van der Waals surface area contributed by atoms with E-state index in [4.69, 9.17) is 21.9 Å². The van der Waals surface area contributed by atoms with Gasteiger partial charge in [-0.25, -0.2) is 28.2 Å². The molecule has 0 spiro atoms. The van der Waals surface area contributed by atoms with Crippen molar-refractivity contribution in [2.24, 2.45) is 22.2 Å². The summed E-state index contributed by atoms with van der Waals surface area (Å²) in [4.78, 5) is 26.1. The molecule has 4 rings (SSSR count). The van der Waals surface area contributed by atoms with Crippen molar-refractivity contribution in [3.05, 3.63) is 108 Å². The first-order chi connectivity index (χ1) is 18.7. The van der Waals surface area contributed by atoms with Gasteiger partial charge in [-0.05, 0) is 29.3 Å². The summed E-state index contributed by atoms with van der Waals surface area (Å²) < 4.78 is 34.6. The normalized spacial score (nSPS) is 11.3. The van der Waals surface area contributed by atoms with Crippen LogP contribution < -0.4 is 17.2 Å². The molecule has 200 valence electrons. The molecule has 11 nitrogen and oxygen atoms in total. The number of amides is 1. The van der Waals surface area contributed by atoms with Gasteiger partial charge in [0.15, 0.2) is 5.84 Å². The van der Waals surface area contributed by atoms with E-state index in [-0.39, 0.29) is 41.7 Å². The first-order valence-corrected chi connectivity index (χ1v) is 11.5. The van der Waals surface area contributed by atoms with E-state index in [1.54, 1.807) is 42.7 Å². The van der Waals surface area contributed by atoms with Gasteiger partial charge in [0.05, 0.1) is 31.1 Å². The molecular formula is C26H25F2N9O2. The number of aliphatic imine (C=N–C) groups is 1. The van der Waals surface area contributed by atoms with Crippen LogP contribution in [0, 0.1) is 11.6 Å². The molecule has 0 radical (unpaired) electrons. The molecule has 4 aromatic rings. The fourth-order valence-electron chi connectivity index (χ4n) is 3.87. The van der Waals surface area contributed by atoms with Crippen molar-refractivity contribution < 1.29 is 18.3 Å². The van der Waals surface area contributed by atoms with Gasteiger partial charge in [0, 0.05) is 24.9 Å². The maximum Gasteiger partial charge on any atom is 0.414 e. The number of carbonyl (C=O) groups excluding carboxylic acids is 1. The number of nitrogens with zero attached hydrogens (tertiary/aromatic N) is 6. The van der Waals surface area contributed by atoms with Gasteiger partial charge < -0.3 is 21.9 Å². The number of benzene rings is 1. The van der Waals surface area contributed by atoms with E-state index in [2.05, 4.69) is 26.6 Å². The molecule has 0 aliphatic rings. The molecule has 0 unspecified atom stereocenters. The van der Waals surface area contributed by atoms with E-state index in [1.165, 1.54) is 23.9 Å². The quantitative estimate of drug-likeness (QED) is 0.230. The fourth-order valence-corrected chi connectivity index (χ4v) is 3.87. The number of carbonyl (C=O) groups is 1. The zero-order valence-corrected chi connectivity index (χ0v) is 20.9. The summed E-state index contributed by atoms with van der Waals surface area (Å²) >= 11 is 0. The van der Waals surface area contributed by atoms with Crippen LogP contribution in [0.5, 0.6) is 0 Å². The summed E-state index contributed by atoms with van der Waals surface area (Å²) in [5.74, 6) is -1.73. The summed E-state index contributed by atoms with van der Waals surface area (Å²) in [7, 11) is 1.19. The Kier molecular flexibility index (Phi) is 7.80. The monoisotopic (exact) mass is 533 g/mol. The van der Waals surface area contributed by atoms with Crippen LogP contribution in [-0.4, -0.2) is 43.7 Å². The van der Waals surface area contributed by atoms with Crippen molar-refractivity contribution in [3.8, 4) is 0 Å². The van der Waals surface area contributed by atoms with Gasteiger partial charge in [0.25, 0.3) is 0 Å². The van der Waals surface area contributed by atoms with Gasteiger partial charge in [-0.15, -0.1) is 0 Å². The Morgan fingerprint density at radius 1 is 1.15 bits per heavy atom. The number of hydrogen-bond acceptors (Lipinski definition) is 8. The third-order valence-corrected chi connectivity index (χ3v) is 5.64. The first kappa shape index (κ1) is 26.7. The largest absolute Gasteiger partial charge is 0.452 e. The van der Waals surface area contributed by atoms with Crippen LogP contribution in [0.25, 0.3) is 16.9 Å². The third kappa shape index (κ3) is 5.82. The summed E-state index contributed by atoms with van der Waals surface area (Å²) in [5, 5.41) is 4.46. The first-order valence-electron chi connectivity index (χ1n) is 11.5. The predicted octanol–water partition coefficient (Wildman–Crippen LogP) is 2.84. The van der Waals surface area contributed by atoms with Crippen molar-refractivity contribution in [2.75, 3.05) is 7.11 Å². The molecule has 13 heteroatoms. The second kappa shape index (κ2) is 11.4.